The molecule has 0 heterocycles. The minimum Gasteiger partial charge on any atom is -0.515 e. The molecule has 6 heteroatoms. The van der Waals surface area contributed by atoms with Crippen molar-refractivity contribution in [2.24, 2.45) is 0 Å². The Bertz CT molecular complexity index is 857. The summed E-state index contributed by atoms with van der Waals surface area (Å²) in [4.78, 5) is 23.4. The van der Waals surface area contributed by atoms with Crippen molar-refractivity contribution in [3.63, 3.8) is 0 Å². The van der Waals surface area contributed by atoms with Crippen LogP contribution in [-0.4, -0.2) is 22.2 Å². The lowest BCUT2D eigenvalue weighted by Gasteiger charge is -2.26. The molecule has 0 amide bonds. The lowest BCUT2D eigenvalue weighted by Crippen LogP contribution is -2.19. The normalized spacial score (nSPS) is 12.4. The first-order chi connectivity index (χ1) is 13.7. The number of esters is 2. The molecule has 0 saturated heterocycles. The van der Waals surface area contributed by atoms with Crippen molar-refractivity contribution in [2.75, 3.05) is 0 Å². The van der Waals surface area contributed by atoms with Crippen molar-refractivity contribution in [2.45, 2.75) is 33.1 Å². The Hall–Kier alpha value is -3.54. The van der Waals surface area contributed by atoms with Gasteiger partial charge >= 0.3 is 11.9 Å². The van der Waals surface area contributed by atoms with E-state index in [0.29, 0.717) is 24.0 Å². The summed E-state index contributed by atoms with van der Waals surface area (Å²) in [6.45, 7) is 7.02. The number of hydrogen-bond donors (Lipinski definition) is 2. The summed E-state index contributed by atoms with van der Waals surface area (Å²) >= 11 is 0. The molecular formula is C23H24O6. The zero-order valence-corrected chi connectivity index (χ0v) is 16.8. The van der Waals surface area contributed by atoms with Gasteiger partial charge in [0.05, 0.1) is 23.7 Å². The third kappa shape index (κ3) is 5.25. The monoisotopic (exact) mass is 396 g/mol. The number of benzene rings is 2. The van der Waals surface area contributed by atoms with Gasteiger partial charge in [0.15, 0.2) is 0 Å². The first kappa shape index (κ1) is 21.8. The molecule has 0 unspecified atom stereocenters. The Morgan fingerprint density at radius 3 is 1.31 bits per heavy atom. The molecule has 152 valence electrons. The van der Waals surface area contributed by atoms with Gasteiger partial charge in [0.25, 0.3) is 0 Å². The minimum absolute atomic E-state index is 0.111. The lowest BCUT2D eigenvalue weighted by molar-refractivity contribution is -0.131. The first-order valence-electron chi connectivity index (χ1n) is 8.96. The third-order valence-electron chi connectivity index (χ3n) is 4.60. The van der Waals surface area contributed by atoms with Crippen LogP contribution < -0.4 is 9.47 Å². The fourth-order valence-electron chi connectivity index (χ4n) is 2.53. The molecule has 0 bridgehead atoms. The van der Waals surface area contributed by atoms with Crippen LogP contribution >= 0.6 is 0 Å². The van der Waals surface area contributed by atoms with Crippen molar-refractivity contribution in [1.29, 1.82) is 0 Å². The van der Waals surface area contributed by atoms with E-state index >= 15 is 0 Å². The van der Waals surface area contributed by atoms with E-state index in [1.807, 2.05) is 38.1 Å². The minimum atomic E-state index is -0.615. The van der Waals surface area contributed by atoms with Gasteiger partial charge < -0.3 is 19.7 Å². The first-order valence-corrected chi connectivity index (χ1v) is 8.96. The Morgan fingerprint density at radius 1 is 0.724 bits per heavy atom. The SMILES string of the molecule is C/C(=C\O)C(=O)Oc1ccc(C(C)(C)c2ccc(OC(=O)/C(C)=C/O)cc2)cc1. The molecule has 0 saturated carbocycles. The zero-order chi connectivity index (χ0) is 21.6. The second-order valence-electron chi connectivity index (χ2n) is 7.08. The van der Waals surface area contributed by atoms with Gasteiger partial charge in [-0.05, 0) is 49.2 Å². The Morgan fingerprint density at radius 2 is 1.03 bits per heavy atom. The number of ether oxygens (including phenoxy) is 2. The predicted molar refractivity (Wildman–Crippen MR) is 109 cm³/mol. The molecule has 2 N–H and O–H groups in total. The average molecular weight is 396 g/mol. The maximum atomic E-state index is 11.7. The summed E-state index contributed by atoms with van der Waals surface area (Å²) in [5, 5.41) is 17.7. The summed E-state index contributed by atoms with van der Waals surface area (Å²) in [5.74, 6) is -0.470. The molecule has 0 fully saturated rings. The number of aliphatic hydroxyl groups excluding tert-OH is 2. The van der Waals surface area contributed by atoms with E-state index in [2.05, 4.69) is 0 Å². The van der Waals surface area contributed by atoms with Gasteiger partial charge in [0.2, 0.25) is 0 Å². The smallest absolute Gasteiger partial charge is 0.342 e. The Balaban J connectivity index is 2.15. The van der Waals surface area contributed by atoms with Crippen molar-refractivity contribution >= 4 is 11.9 Å². The molecule has 0 atom stereocenters. The standard InChI is InChI=1S/C23H24O6/c1-15(13-24)21(26)28-19-9-5-17(6-10-19)23(3,4)18-7-11-20(12-8-18)29-22(27)16(2)14-25/h5-14,24-25H,1-4H3/b15-13+,16-14+. The molecule has 2 rings (SSSR count). The molecular weight excluding hydrogens is 372 g/mol. The maximum Gasteiger partial charge on any atom is 0.342 e. The zero-order valence-electron chi connectivity index (χ0n) is 16.8. The van der Waals surface area contributed by atoms with Crippen LogP contribution in [0.1, 0.15) is 38.8 Å². The van der Waals surface area contributed by atoms with E-state index in [1.54, 1.807) is 24.3 Å². The van der Waals surface area contributed by atoms with Crippen LogP contribution in [0.3, 0.4) is 0 Å². The molecule has 0 aliphatic carbocycles. The summed E-state index contributed by atoms with van der Waals surface area (Å²) in [6, 6.07) is 14.2. The fraction of sp³-hybridized carbons (Fsp3) is 0.217. The van der Waals surface area contributed by atoms with Crippen LogP contribution in [0.2, 0.25) is 0 Å². The predicted octanol–water partition coefficient (Wildman–Crippen LogP) is 4.75. The van der Waals surface area contributed by atoms with Crippen molar-refractivity contribution in [3.05, 3.63) is 83.3 Å². The number of hydrogen-bond acceptors (Lipinski definition) is 6. The van der Waals surface area contributed by atoms with Crippen LogP contribution in [0, 0.1) is 0 Å². The molecule has 2 aromatic carbocycles. The molecule has 0 aliphatic heterocycles. The number of aliphatic hydroxyl groups is 2. The van der Waals surface area contributed by atoms with E-state index in [1.165, 1.54) is 13.8 Å². The van der Waals surface area contributed by atoms with Gasteiger partial charge in [-0.2, -0.15) is 0 Å². The quantitative estimate of drug-likeness (QED) is 0.317. The van der Waals surface area contributed by atoms with E-state index in [0.717, 1.165) is 11.1 Å². The molecule has 2 aromatic rings. The molecule has 0 aliphatic rings. The molecule has 0 radical (unpaired) electrons. The summed E-state index contributed by atoms with van der Waals surface area (Å²) in [6.07, 6.45) is 1.42. The highest BCUT2D eigenvalue weighted by Gasteiger charge is 2.23. The van der Waals surface area contributed by atoms with Gasteiger partial charge in [-0.25, -0.2) is 9.59 Å². The number of carbonyl (C=O) groups excluding carboxylic acids is 2. The molecule has 29 heavy (non-hydrogen) atoms. The van der Waals surface area contributed by atoms with Crippen molar-refractivity contribution in [3.8, 4) is 11.5 Å². The summed E-state index contributed by atoms with van der Waals surface area (Å²) in [5.41, 5.74) is 1.86. The van der Waals surface area contributed by atoms with E-state index in [9.17, 15) is 9.59 Å². The van der Waals surface area contributed by atoms with Gasteiger partial charge in [-0.3, -0.25) is 0 Å². The lowest BCUT2D eigenvalue weighted by atomic mass is 9.78. The van der Waals surface area contributed by atoms with Crippen LogP contribution in [0.25, 0.3) is 0 Å². The van der Waals surface area contributed by atoms with E-state index < -0.39 is 11.9 Å². The highest BCUT2D eigenvalue weighted by molar-refractivity contribution is 5.89. The number of rotatable bonds is 6. The fourth-order valence-corrected chi connectivity index (χ4v) is 2.53. The van der Waals surface area contributed by atoms with Crippen LogP contribution in [0.5, 0.6) is 11.5 Å². The highest BCUT2D eigenvalue weighted by Crippen LogP contribution is 2.33. The second kappa shape index (κ2) is 9.10. The Kier molecular flexibility index (Phi) is 6.83. The number of carbonyl (C=O) groups is 2. The molecule has 0 spiro atoms. The van der Waals surface area contributed by atoms with Gasteiger partial charge in [0, 0.05) is 5.41 Å². The van der Waals surface area contributed by atoms with Crippen molar-refractivity contribution < 1.29 is 29.3 Å². The Labute approximate surface area is 169 Å². The maximum absolute atomic E-state index is 11.7. The van der Waals surface area contributed by atoms with E-state index in [-0.39, 0.29) is 16.6 Å². The van der Waals surface area contributed by atoms with Gasteiger partial charge in [-0.15, -0.1) is 0 Å². The molecule has 6 nitrogen and oxygen atoms in total. The summed E-state index contributed by atoms with van der Waals surface area (Å²) < 4.78 is 10.4. The molecule has 0 aromatic heterocycles. The van der Waals surface area contributed by atoms with Crippen LogP contribution in [0.4, 0.5) is 0 Å². The summed E-state index contributed by atoms with van der Waals surface area (Å²) in [7, 11) is 0. The topological polar surface area (TPSA) is 93.1 Å². The average Bonchev–Trinajstić information content (AvgIpc) is 2.73. The largest absolute Gasteiger partial charge is 0.515 e. The van der Waals surface area contributed by atoms with Crippen LogP contribution in [0.15, 0.2) is 72.2 Å². The van der Waals surface area contributed by atoms with Crippen molar-refractivity contribution in [1.82, 2.24) is 0 Å². The van der Waals surface area contributed by atoms with Crippen LogP contribution in [-0.2, 0) is 15.0 Å². The van der Waals surface area contributed by atoms with E-state index in [4.69, 9.17) is 19.7 Å². The second-order valence-corrected chi connectivity index (χ2v) is 7.08. The van der Waals surface area contributed by atoms with Gasteiger partial charge in [0.1, 0.15) is 11.5 Å². The highest BCUT2D eigenvalue weighted by atomic mass is 16.5. The third-order valence-corrected chi connectivity index (χ3v) is 4.60. The van der Waals surface area contributed by atoms with Gasteiger partial charge in [-0.1, -0.05) is 38.1 Å².